The van der Waals surface area contributed by atoms with Crippen LogP contribution in [0.5, 0.6) is 0 Å². The van der Waals surface area contributed by atoms with Crippen molar-refractivity contribution in [2.24, 2.45) is 0 Å². The van der Waals surface area contributed by atoms with E-state index in [2.05, 4.69) is 58.0 Å². The Kier molecular flexibility index (Phi) is 9.92. The van der Waals surface area contributed by atoms with E-state index in [1.54, 1.807) is 0 Å². The molecule has 1 rings (SSSR count). The number of hydrogen-bond donors (Lipinski definition) is 0. The van der Waals surface area contributed by atoms with Crippen LogP contribution in [0.15, 0.2) is 30.3 Å². The molecular formula is C15H23BrS. The van der Waals surface area contributed by atoms with Crippen LogP contribution in [0.25, 0.3) is 0 Å². The molecule has 0 saturated carbocycles. The summed E-state index contributed by atoms with van der Waals surface area (Å²) in [6.07, 6.45) is 8.06. The van der Waals surface area contributed by atoms with Crippen LogP contribution >= 0.6 is 27.7 Å². The van der Waals surface area contributed by atoms with Crippen molar-refractivity contribution in [1.29, 1.82) is 0 Å². The van der Waals surface area contributed by atoms with Gasteiger partial charge in [0.25, 0.3) is 0 Å². The first kappa shape index (κ1) is 15.1. The summed E-state index contributed by atoms with van der Waals surface area (Å²) in [4.78, 5) is 0. The van der Waals surface area contributed by atoms with Crippen molar-refractivity contribution in [1.82, 2.24) is 0 Å². The molecule has 0 fully saturated rings. The molecule has 0 spiro atoms. The normalized spacial score (nSPS) is 10.6. The SMILES string of the molecule is BrCCCCCCSCCCc1ccccc1. The summed E-state index contributed by atoms with van der Waals surface area (Å²) in [5, 5.41) is 1.16. The molecule has 96 valence electrons. The van der Waals surface area contributed by atoms with Crippen LogP contribution < -0.4 is 0 Å². The number of rotatable bonds is 10. The van der Waals surface area contributed by atoms with Gasteiger partial charge in [0.15, 0.2) is 0 Å². The van der Waals surface area contributed by atoms with E-state index in [9.17, 15) is 0 Å². The molecule has 0 aromatic heterocycles. The highest BCUT2D eigenvalue weighted by molar-refractivity contribution is 9.09. The maximum Gasteiger partial charge on any atom is 0.00313 e. The molecular weight excluding hydrogens is 292 g/mol. The number of unbranched alkanes of at least 4 members (excludes halogenated alkanes) is 3. The summed E-state index contributed by atoms with van der Waals surface area (Å²) in [7, 11) is 0. The van der Waals surface area contributed by atoms with Crippen LogP contribution in [0, 0.1) is 0 Å². The summed E-state index contributed by atoms with van der Waals surface area (Å²) in [6.45, 7) is 0. The topological polar surface area (TPSA) is 0 Å². The fraction of sp³-hybridized carbons (Fsp3) is 0.600. The van der Waals surface area contributed by atoms with Crippen molar-refractivity contribution >= 4 is 27.7 Å². The first-order chi connectivity index (χ1) is 8.43. The first-order valence-corrected chi connectivity index (χ1v) is 8.89. The average Bonchev–Trinajstić information content (AvgIpc) is 2.38. The molecule has 1 aromatic carbocycles. The minimum absolute atomic E-state index is 1.16. The van der Waals surface area contributed by atoms with Crippen LogP contribution in [0.4, 0.5) is 0 Å². The van der Waals surface area contributed by atoms with Gasteiger partial charge in [-0.05, 0) is 42.8 Å². The number of aryl methyl sites for hydroxylation is 1. The Hall–Kier alpha value is 0.0500. The molecule has 2 heteroatoms. The molecule has 0 saturated heterocycles. The van der Waals surface area contributed by atoms with Gasteiger partial charge in [-0.25, -0.2) is 0 Å². The van der Waals surface area contributed by atoms with Gasteiger partial charge in [0.2, 0.25) is 0 Å². The van der Waals surface area contributed by atoms with E-state index < -0.39 is 0 Å². The van der Waals surface area contributed by atoms with E-state index in [-0.39, 0.29) is 0 Å². The zero-order valence-corrected chi connectivity index (χ0v) is 12.9. The van der Waals surface area contributed by atoms with Gasteiger partial charge in [0, 0.05) is 5.33 Å². The van der Waals surface area contributed by atoms with Crippen LogP contribution in [0.3, 0.4) is 0 Å². The summed E-state index contributed by atoms with van der Waals surface area (Å²) in [6, 6.07) is 10.8. The van der Waals surface area contributed by atoms with Crippen LogP contribution in [0.1, 0.15) is 37.7 Å². The highest BCUT2D eigenvalue weighted by Crippen LogP contribution is 2.11. The quantitative estimate of drug-likeness (QED) is 0.416. The second-order valence-corrected chi connectivity index (χ2v) is 6.32. The molecule has 0 radical (unpaired) electrons. The smallest absolute Gasteiger partial charge is 0.00313 e. The Morgan fingerprint density at radius 3 is 2.29 bits per heavy atom. The summed E-state index contributed by atoms with van der Waals surface area (Å²) >= 11 is 5.59. The fourth-order valence-electron chi connectivity index (χ4n) is 1.78. The van der Waals surface area contributed by atoms with Gasteiger partial charge >= 0.3 is 0 Å². The molecule has 0 heterocycles. The molecule has 0 aliphatic rings. The van der Waals surface area contributed by atoms with Gasteiger partial charge < -0.3 is 0 Å². The molecule has 0 N–H and O–H groups in total. The van der Waals surface area contributed by atoms with Crippen molar-refractivity contribution < 1.29 is 0 Å². The predicted molar refractivity (Wildman–Crippen MR) is 84.4 cm³/mol. The standard InChI is InChI=1S/C15H23BrS/c16-12-6-1-2-7-13-17-14-8-11-15-9-4-3-5-10-15/h3-5,9-10H,1-2,6-8,11-14H2. The molecule has 0 unspecified atom stereocenters. The summed E-state index contributed by atoms with van der Waals surface area (Å²) < 4.78 is 0. The molecule has 0 aliphatic carbocycles. The van der Waals surface area contributed by atoms with Crippen molar-refractivity contribution in [3.63, 3.8) is 0 Å². The fourth-order valence-corrected chi connectivity index (χ4v) is 3.13. The van der Waals surface area contributed by atoms with Gasteiger partial charge in [-0.2, -0.15) is 11.8 Å². The highest BCUT2D eigenvalue weighted by Gasteiger charge is 1.94. The lowest BCUT2D eigenvalue weighted by molar-refractivity contribution is 0.713. The second-order valence-electron chi connectivity index (χ2n) is 4.30. The van der Waals surface area contributed by atoms with Crippen LogP contribution in [0.2, 0.25) is 0 Å². The third-order valence-electron chi connectivity index (χ3n) is 2.77. The van der Waals surface area contributed by atoms with E-state index >= 15 is 0 Å². The van der Waals surface area contributed by atoms with Crippen molar-refractivity contribution in [3.05, 3.63) is 35.9 Å². The number of alkyl halides is 1. The van der Waals surface area contributed by atoms with Gasteiger partial charge in [0.05, 0.1) is 0 Å². The Labute approximate surface area is 119 Å². The van der Waals surface area contributed by atoms with Crippen LogP contribution in [-0.2, 0) is 6.42 Å². The number of thioether (sulfide) groups is 1. The molecule has 0 atom stereocenters. The highest BCUT2D eigenvalue weighted by atomic mass is 79.9. The lowest BCUT2D eigenvalue weighted by atomic mass is 10.1. The third-order valence-corrected chi connectivity index (χ3v) is 4.48. The molecule has 0 nitrogen and oxygen atoms in total. The van der Waals surface area contributed by atoms with Crippen LogP contribution in [-0.4, -0.2) is 16.8 Å². The molecule has 0 amide bonds. The number of benzene rings is 1. The van der Waals surface area contributed by atoms with E-state index in [0.717, 1.165) is 5.33 Å². The zero-order valence-electron chi connectivity index (χ0n) is 10.5. The van der Waals surface area contributed by atoms with Gasteiger partial charge in [0.1, 0.15) is 0 Å². The lowest BCUT2D eigenvalue weighted by Crippen LogP contribution is -1.89. The summed E-state index contributed by atoms with van der Waals surface area (Å²) in [5.41, 5.74) is 1.48. The van der Waals surface area contributed by atoms with E-state index in [4.69, 9.17) is 0 Å². The molecule has 1 aromatic rings. The first-order valence-electron chi connectivity index (χ1n) is 6.61. The van der Waals surface area contributed by atoms with Crippen molar-refractivity contribution in [3.8, 4) is 0 Å². The monoisotopic (exact) mass is 314 g/mol. The largest absolute Gasteiger partial charge is 0.162 e. The second kappa shape index (κ2) is 11.2. The van der Waals surface area contributed by atoms with E-state index in [1.165, 1.54) is 55.6 Å². The van der Waals surface area contributed by atoms with E-state index in [1.807, 2.05) is 0 Å². The average molecular weight is 315 g/mol. The van der Waals surface area contributed by atoms with E-state index in [0.29, 0.717) is 0 Å². The molecule has 0 aliphatic heterocycles. The number of halogens is 1. The van der Waals surface area contributed by atoms with Gasteiger partial charge in [-0.15, -0.1) is 0 Å². The minimum atomic E-state index is 1.16. The summed E-state index contributed by atoms with van der Waals surface area (Å²) in [5.74, 6) is 2.66. The Morgan fingerprint density at radius 1 is 0.824 bits per heavy atom. The Morgan fingerprint density at radius 2 is 1.53 bits per heavy atom. The maximum atomic E-state index is 3.47. The Bertz CT molecular complexity index is 261. The van der Waals surface area contributed by atoms with Crippen molar-refractivity contribution in [2.45, 2.75) is 38.5 Å². The minimum Gasteiger partial charge on any atom is -0.162 e. The maximum absolute atomic E-state index is 3.47. The molecule has 17 heavy (non-hydrogen) atoms. The lowest BCUT2D eigenvalue weighted by Gasteiger charge is -2.02. The van der Waals surface area contributed by atoms with Crippen molar-refractivity contribution in [2.75, 3.05) is 16.8 Å². The molecule has 0 bridgehead atoms. The number of hydrogen-bond acceptors (Lipinski definition) is 1. The Balaban J connectivity index is 1.85. The predicted octanol–water partition coefficient (Wildman–Crippen LogP) is 5.31. The van der Waals surface area contributed by atoms with Gasteiger partial charge in [-0.1, -0.05) is 59.1 Å². The van der Waals surface area contributed by atoms with Gasteiger partial charge in [-0.3, -0.25) is 0 Å². The zero-order chi connectivity index (χ0) is 12.2. The third kappa shape index (κ3) is 8.73.